The maximum Gasteiger partial charge on any atom is 0.346 e. The molecule has 6 nitrogen and oxygen atoms in total. The summed E-state index contributed by atoms with van der Waals surface area (Å²) in [5.41, 5.74) is 0. The van der Waals surface area contributed by atoms with Gasteiger partial charge in [-0.05, 0) is 64.1 Å². The lowest BCUT2D eigenvalue weighted by Gasteiger charge is -2.39. The van der Waals surface area contributed by atoms with Crippen molar-refractivity contribution in [3.05, 3.63) is 12.7 Å². The fourth-order valence-corrected chi connectivity index (χ4v) is 7.27. The summed E-state index contributed by atoms with van der Waals surface area (Å²) in [7, 11) is -1.71. The fourth-order valence-electron chi connectivity index (χ4n) is 5.79. The van der Waals surface area contributed by atoms with Crippen molar-refractivity contribution in [1.29, 1.82) is 0 Å². The average molecular weight is 493 g/mol. The second-order valence-corrected chi connectivity index (χ2v) is 17.1. The number of nitrogens with one attached hydrogen (secondary N) is 2. The molecule has 3 aliphatic rings. The molecule has 2 N–H and O–H groups in total. The standard InChI is InChI=1S/C27H49N3O3Si/c1-9-17-32-25(31)24-22(29-26-28-19(2)18-21-15-16-23(24)30(21)26)14-12-10-11-13-20(3)33-34(7,8)27(4,5)6/h9,19-24H,1,10-18H2,2-8H3,(H,28,29)/p+1/t19-,20?,21-,22+,23-,24?/m0/s1. The number of hydrogen-bond acceptors (Lipinski definition) is 5. The van der Waals surface area contributed by atoms with E-state index in [2.05, 4.69) is 69.5 Å². The van der Waals surface area contributed by atoms with E-state index in [1.54, 1.807) is 6.08 Å². The van der Waals surface area contributed by atoms with Gasteiger partial charge in [-0.15, -0.1) is 0 Å². The Morgan fingerprint density at radius 2 is 1.97 bits per heavy atom. The molecule has 0 aromatic heterocycles. The van der Waals surface area contributed by atoms with Crippen molar-refractivity contribution in [2.75, 3.05) is 6.61 Å². The van der Waals surface area contributed by atoms with Crippen LogP contribution in [0, 0.1) is 5.92 Å². The monoisotopic (exact) mass is 492 g/mol. The summed E-state index contributed by atoms with van der Waals surface area (Å²) in [6, 6.07) is 1.35. The predicted octanol–water partition coefficient (Wildman–Crippen LogP) is 4.95. The second kappa shape index (κ2) is 11.1. The van der Waals surface area contributed by atoms with Crippen LogP contribution in [0.3, 0.4) is 0 Å². The van der Waals surface area contributed by atoms with Gasteiger partial charge in [0.2, 0.25) is 0 Å². The van der Waals surface area contributed by atoms with Gasteiger partial charge in [-0.25, -0.2) is 0 Å². The zero-order chi connectivity index (χ0) is 25.1. The van der Waals surface area contributed by atoms with Gasteiger partial charge >= 0.3 is 11.9 Å². The first kappa shape index (κ1) is 27.2. The van der Waals surface area contributed by atoms with Crippen LogP contribution < -0.4 is 10.6 Å². The molecule has 0 saturated carbocycles. The molecule has 0 amide bonds. The molecule has 3 heterocycles. The van der Waals surface area contributed by atoms with E-state index in [9.17, 15) is 4.79 Å². The third-order valence-electron chi connectivity index (χ3n) is 8.53. The molecule has 1 saturated heterocycles. The number of nitrogens with zero attached hydrogens (tertiary/aromatic N) is 1. The largest absolute Gasteiger partial charge is 0.461 e. The van der Waals surface area contributed by atoms with Crippen molar-refractivity contribution in [3.63, 3.8) is 0 Å². The highest BCUT2D eigenvalue weighted by Crippen LogP contribution is 2.38. The molecule has 7 heteroatoms. The SMILES string of the molecule is C=CCOC(=O)C1[C@@H](CCCCCC(C)O[Si](C)(C)C(C)(C)C)NC2=[N+]3[C@@H](CC[C@@H]13)C[C@H](C)N2. The van der Waals surface area contributed by atoms with Crippen LogP contribution in [0.2, 0.25) is 18.1 Å². The van der Waals surface area contributed by atoms with Gasteiger partial charge in [-0.2, -0.15) is 0 Å². The molecule has 2 unspecified atom stereocenters. The zero-order valence-corrected chi connectivity index (χ0v) is 23.8. The summed E-state index contributed by atoms with van der Waals surface area (Å²) in [4.78, 5) is 13.1. The number of rotatable bonds is 11. The van der Waals surface area contributed by atoms with E-state index in [0.29, 0.717) is 18.2 Å². The normalized spacial score (nSPS) is 29.7. The molecule has 0 aromatic carbocycles. The molecule has 0 bridgehead atoms. The van der Waals surface area contributed by atoms with E-state index in [-0.39, 0.29) is 35.6 Å². The Morgan fingerprint density at radius 1 is 1.24 bits per heavy atom. The smallest absolute Gasteiger partial charge is 0.346 e. The van der Waals surface area contributed by atoms with Crippen LogP contribution in [0.4, 0.5) is 0 Å². The fraction of sp³-hybridized carbons (Fsp3) is 0.852. The third-order valence-corrected chi connectivity index (χ3v) is 13.1. The Kier molecular flexibility index (Phi) is 8.94. The van der Waals surface area contributed by atoms with E-state index >= 15 is 0 Å². The van der Waals surface area contributed by atoms with E-state index in [1.165, 1.54) is 0 Å². The Hall–Kier alpha value is -1.34. The number of ether oxygens (including phenoxy) is 1. The van der Waals surface area contributed by atoms with Crippen molar-refractivity contribution in [2.45, 2.75) is 134 Å². The van der Waals surface area contributed by atoms with Crippen molar-refractivity contribution in [3.8, 4) is 0 Å². The lowest BCUT2D eigenvalue weighted by molar-refractivity contribution is -0.598. The number of unbranched alkanes of at least 4 members (excludes halogenated alkanes) is 2. The number of carbonyl (C=O) groups is 1. The van der Waals surface area contributed by atoms with Gasteiger partial charge in [0.25, 0.3) is 0 Å². The molecule has 34 heavy (non-hydrogen) atoms. The Balaban J connectivity index is 1.55. The maximum absolute atomic E-state index is 13.1. The number of esters is 1. The zero-order valence-electron chi connectivity index (χ0n) is 22.8. The van der Waals surface area contributed by atoms with Crippen LogP contribution in [-0.2, 0) is 14.0 Å². The first-order valence-electron chi connectivity index (χ1n) is 13.6. The summed E-state index contributed by atoms with van der Waals surface area (Å²) >= 11 is 0. The van der Waals surface area contributed by atoms with Gasteiger partial charge in [-0.1, -0.05) is 46.3 Å². The molecule has 6 atom stereocenters. The molecule has 0 aliphatic carbocycles. The van der Waals surface area contributed by atoms with Gasteiger partial charge in [0.05, 0.1) is 24.2 Å². The van der Waals surface area contributed by atoms with Crippen LogP contribution >= 0.6 is 0 Å². The summed E-state index contributed by atoms with van der Waals surface area (Å²) in [5, 5.41) is 7.63. The summed E-state index contributed by atoms with van der Waals surface area (Å²) < 4.78 is 14.6. The molecular formula is C27H50N3O3Si+. The molecule has 0 radical (unpaired) electrons. The van der Waals surface area contributed by atoms with E-state index in [4.69, 9.17) is 9.16 Å². The quantitative estimate of drug-likeness (QED) is 0.141. The second-order valence-electron chi connectivity index (χ2n) is 12.4. The molecule has 3 aliphatic heterocycles. The minimum Gasteiger partial charge on any atom is -0.461 e. The molecule has 1 fully saturated rings. The van der Waals surface area contributed by atoms with Crippen molar-refractivity contribution in [2.24, 2.45) is 5.92 Å². The van der Waals surface area contributed by atoms with Crippen molar-refractivity contribution in [1.82, 2.24) is 10.6 Å². The first-order valence-corrected chi connectivity index (χ1v) is 16.5. The van der Waals surface area contributed by atoms with Gasteiger partial charge in [-0.3, -0.25) is 20.0 Å². The molecular weight excluding hydrogens is 442 g/mol. The minimum absolute atomic E-state index is 0.0721. The number of carbonyl (C=O) groups excluding carboxylic acids is 1. The van der Waals surface area contributed by atoms with E-state index in [0.717, 1.165) is 57.3 Å². The Bertz CT molecular complexity index is 761. The highest BCUT2D eigenvalue weighted by Gasteiger charge is 2.53. The van der Waals surface area contributed by atoms with Crippen molar-refractivity contribution >= 4 is 20.2 Å². The summed E-state index contributed by atoms with van der Waals surface area (Å²) in [5.74, 6) is 0.947. The van der Waals surface area contributed by atoms with Crippen LogP contribution in [-0.4, -0.2) is 61.7 Å². The van der Waals surface area contributed by atoms with Gasteiger partial charge in [0, 0.05) is 12.5 Å². The van der Waals surface area contributed by atoms with Crippen molar-refractivity contribution < 1.29 is 18.5 Å². The van der Waals surface area contributed by atoms with Gasteiger partial charge < -0.3 is 9.16 Å². The molecule has 3 rings (SSSR count). The van der Waals surface area contributed by atoms with Crippen LogP contribution in [0.15, 0.2) is 12.7 Å². The average Bonchev–Trinajstić information content (AvgIpc) is 3.14. The summed E-state index contributed by atoms with van der Waals surface area (Å²) in [6.07, 6.45) is 10.8. The maximum atomic E-state index is 13.1. The Morgan fingerprint density at radius 3 is 2.65 bits per heavy atom. The number of guanidine groups is 1. The van der Waals surface area contributed by atoms with Crippen LogP contribution in [0.25, 0.3) is 0 Å². The summed E-state index contributed by atoms with van der Waals surface area (Å²) in [6.45, 7) is 20.0. The molecule has 0 aromatic rings. The number of hydrogen-bond donors (Lipinski definition) is 2. The van der Waals surface area contributed by atoms with E-state index < -0.39 is 8.32 Å². The Labute approximate surface area is 209 Å². The third kappa shape index (κ3) is 6.25. The minimum atomic E-state index is -1.71. The lowest BCUT2D eigenvalue weighted by atomic mass is 9.85. The lowest BCUT2D eigenvalue weighted by Crippen LogP contribution is -2.66. The predicted molar refractivity (Wildman–Crippen MR) is 142 cm³/mol. The van der Waals surface area contributed by atoms with Gasteiger partial charge in [0.1, 0.15) is 12.5 Å². The highest BCUT2D eigenvalue weighted by atomic mass is 28.4. The highest BCUT2D eigenvalue weighted by molar-refractivity contribution is 6.74. The van der Waals surface area contributed by atoms with Crippen LogP contribution in [0.1, 0.15) is 86.0 Å². The molecule has 194 valence electrons. The van der Waals surface area contributed by atoms with Crippen LogP contribution in [0.5, 0.6) is 0 Å². The van der Waals surface area contributed by atoms with E-state index in [1.807, 2.05) is 0 Å². The topological polar surface area (TPSA) is 62.6 Å². The van der Waals surface area contributed by atoms with Gasteiger partial charge in [0.15, 0.2) is 8.32 Å². The first-order chi connectivity index (χ1) is 15.9. The molecule has 0 spiro atoms.